The number of aromatic nitrogens is 1. The van der Waals surface area contributed by atoms with E-state index in [1.54, 1.807) is 13.1 Å². The third-order valence-corrected chi connectivity index (χ3v) is 8.64. The Morgan fingerprint density at radius 3 is 2.61 bits per heavy atom. The van der Waals surface area contributed by atoms with E-state index in [2.05, 4.69) is 10.3 Å². The van der Waals surface area contributed by atoms with Crippen LogP contribution in [-0.4, -0.2) is 46.3 Å². The number of para-hydroxylation sites is 1. The Morgan fingerprint density at radius 1 is 1.06 bits per heavy atom. The van der Waals surface area contributed by atoms with Crippen molar-refractivity contribution in [2.75, 3.05) is 7.05 Å². The number of hydrogen-bond acceptors (Lipinski definition) is 5. The SMILES string of the molecule is CN1C(=O)C(CCC2CCCCC2)(CC2CCCC(NC(=O)c3ccc4ccccc4n3)C2)N=C1N. The van der Waals surface area contributed by atoms with E-state index in [0.717, 1.165) is 49.4 Å². The highest BCUT2D eigenvalue weighted by Crippen LogP contribution is 2.40. The van der Waals surface area contributed by atoms with Gasteiger partial charge >= 0.3 is 0 Å². The van der Waals surface area contributed by atoms with Gasteiger partial charge in [-0.15, -0.1) is 0 Å². The molecule has 2 amide bonds. The monoisotopic (exact) mass is 489 g/mol. The van der Waals surface area contributed by atoms with E-state index in [9.17, 15) is 9.59 Å². The quantitative estimate of drug-likeness (QED) is 0.583. The topological polar surface area (TPSA) is 101 Å². The number of carbonyl (C=O) groups is 2. The Labute approximate surface area is 213 Å². The Balaban J connectivity index is 1.24. The van der Waals surface area contributed by atoms with Gasteiger partial charge in [0.1, 0.15) is 11.2 Å². The number of pyridine rings is 1. The minimum Gasteiger partial charge on any atom is -0.369 e. The van der Waals surface area contributed by atoms with Crippen molar-refractivity contribution in [2.45, 2.75) is 88.6 Å². The first-order valence-corrected chi connectivity index (χ1v) is 13.7. The fraction of sp³-hybridized carbons (Fsp3) is 0.586. The number of guanidine groups is 1. The number of nitrogens with one attached hydrogen (secondary N) is 1. The molecule has 0 radical (unpaired) electrons. The molecule has 3 atom stereocenters. The molecule has 36 heavy (non-hydrogen) atoms. The minimum absolute atomic E-state index is 0.0438. The van der Waals surface area contributed by atoms with Gasteiger partial charge in [-0.1, -0.05) is 69.2 Å². The molecule has 0 spiro atoms. The lowest BCUT2D eigenvalue weighted by Gasteiger charge is -2.35. The van der Waals surface area contributed by atoms with Crippen molar-refractivity contribution < 1.29 is 9.59 Å². The van der Waals surface area contributed by atoms with E-state index >= 15 is 0 Å². The number of benzene rings is 1. The summed E-state index contributed by atoms with van der Waals surface area (Å²) in [6, 6.07) is 11.6. The fourth-order valence-electron chi connectivity index (χ4n) is 6.61. The molecule has 2 aromatic rings. The van der Waals surface area contributed by atoms with Crippen LogP contribution in [-0.2, 0) is 4.79 Å². The third kappa shape index (κ3) is 5.25. The van der Waals surface area contributed by atoms with Crippen molar-refractivity contribution >= 4 is 28.7 Å². The number of fused-ring (bicyclic) bond motifs is 1. The Morgan fingerprint density at radius 2 is 1.83 bits per heavy atom. The van der Waals surface area contributed by atoms with Gasteiger partial charge in [-0.25, -0.2) is 9.98 Å². The lowest BCUT2D eigenvalue weighted by Crippen LogP contribution is -2.45. The van der Waals surface area contributed by atoms with Gasteiger partial charge in [-0.05, 0) is 56.1 Å². The fourth-order valence-corrected chi connectivity index (χ4v) is 6.61. The van der Waals surface area contributed by atoms with E-state index in [4.69, 9.17) is 10.7 Å². The third-order valence-electron chi connectivity index (χ3n) is 8.64. The van der Waals surface area contributed by atoms with Gasteiger partial charge in [-0.2, -0.15) is 0 Å². The molecule has 1 aromatic heterocycles. The number of carbonyl (C=O) groups excluding carboxylic acids is 2. The average Bonchev–Trinajstić information content (AvgIpc) is 3.11. The van der Waals surface area contributed by atoms with Gasteiger partial charge in [0.05, 0.1) is 5.52 Å². The summed E-state index contributed by atoms with van der Waals surface area (Å²) in [5.41, 5.74) is 6.68. The van der Waals surface area contributed by atoms with Crippen molar-refractivity contribution in [1.82, 2.24) is 15.2 Å². The second-order valence-corrected chi connectivity index (χ2v) is 11.2. The largest absolute Gasteiger partial charge is 0.369 e. The highest BCUT2D eigenvalue weighted by Gasteiger charge is 2.48. The average molecular weight is 490 g/mol. The van der Waals surface area contributed by atoms with Gasteiger partial charge in [0.25, 0.3) is 11.8 Å². The molecule has 0 saturated heterocycles. The van der Waals surface area contributed by atoms with Gasteiger partial charge in [0.15, 0.2) is 5.96 Å². The maximum atomic E-state index is 13.4. The minimum atomic E-state index is -0.743. The Kier molecular flexibility index (Phi) is 7.26. The van der Waals surface area contributed by atoms with E-state index in [0.29, 0.717) is 29.9 Å². The van der Waals surface area contributed by atoms with Crippen LogP contribution in [0.15, 0.2) is 41.4 Å². The van der Waals surface area contributed by atoms with Crippen LogP contribution >= 0.6 is 0 Å². The molecule has 3 aliphatic rings. The van der Waals surface area contributed by atoms with E-state index in [1.807, 2.05) is 30.3 Å². The molecule has 3 unspecified atom stereocenters. The second kappa shape index (κ2) is 10.6. The molecule has 2 fully saturated rings. The zero-order chi connectivity index (χ0) is 25.1. The van der Waals surface area contributed by atoms with E-state index in [1.165, 1.54) is 37.0 Å². The smallest absolute Gasteiger partial charge is 0.270 e. The first-order chi connectivity index (χ1) is 17.4. The molecule has 7 heteroatoms. The molecule has 3 N–H and O–H groups in total. The van der Waals surface area contributed by atoms with Gasteiger partial charge < -0.3 is 11.1 Å². The van der Waals surface area contributed by atoms with Crippen LogP contribution in [0, 0.1) is 11.8 Å². The van der Waals surface area contributed by atoms with Crippen molar-refractivity contribution in [2.24, 2.45) is 22.6 Å². The molecule has 0 bridgehead atoms. The molecule has 1 aliphatic heterocycles. The zero-order valence-electron chi connectivity index (χ0n) is 21.4. The van der Waals surface area contributed by atoms with Gasteiger partial charge in [0.2, 0.25) is 0 Å². The molecule has 1 aromatic carbocycles. The molecule has 2 aliphatic carbocycles. The Hall–Kier alpha value is -2.96. The van der Waals surface area contributed by atoms with E-state index < -0.39 is 5.54 Å². The molecule has 2 heterocycles. The predicted octanol–water partition coefficient (Wildman–Crippen LogP) is 4.80. The zero-order valence-corrected chi connectivity index (χ0v) is 21.4. The lowest BCUT2D eigenvalue weighted by atomic mass is 9.74. The highest BCUT2D eigenvalue weighted by molar-refractivity contribution is 6.06. The molecule has 2 saturated carbocycles. The first kappa shape index (κ1) is 24.7. The molecular weight excluding hydrogens is 450 g/mol. The maximum Gasteiger partial charge on any atom is 0.270 e. The number of nitrogens with two attached hydrogens (primary N) is 1. The second-order valence-electron chi connectivity index (χ2n) is 11.2. The van der Waals surface area contributed by atoms with Crippen LogP contribution in [0.25, 0.3) is 10.9 Å². The first-order valence-electron chi connectivity index (χ1n) is 13.7. The lowest BCUT2D eigenvalue weighted by molar-refractivity contribution is -0.131. The highest BCUT2D eigenvalue weighted by atomic mass is 16.2. The van der Waals surface area contributed by atoms with Crippen LogP contribution in [0.1, 0.15) is 87.5 Å². The molecule has 5 rings (SSSR count). The standard InChI is InChI=1S/C29H39N5O2/c1-34-27(36)29(33-28(34)30,17-16-20-8-3-2-4-9-20)19-21-10-7-12-23(18-21)31-26(35)25-15-14-22-11-5-6-13-24(22)32-25/h5-6,11,13-15,20-21,23H,2-4,7-10,12,16-19H2,1H3,(H2,30,33)(H,31,35). The number of nitrogens with zero attached hydrogens (tertiary/aromatic N) is 3. The number of hydrogen-bond donors (Lipinski definition) is 2. The number of likely N-dealkylation sites (N-methyl/N-ethyl adjacent to an activating group) is 1. The van der Waals surface area contributed by atoms with Crippen molar-refractivity contribution in [3.8, 4) is 0 Å². The predicted molar refractivity (Wildman–Crippen MR) is 143 cm³/mol. The van der Waals surface area contributed by atoms with E-state index in [-0.39, 0.29) is 17.9 Å². The van der Waals surface area contributed by atoms with Crippen LogP contribution in [0.4, 0.5) is 0 Å². The summed E-state index contributed by atoms with van der Waals surface area (Å²) in [6.07, 6.45) is 12.9. The summed E-state index contributed by atoms with van der Waals surface area (Å²) < 4.78 is 0. The molecular formula is C29H39N5O2. The summed E-state index contributed by atoms with van der Waals surface area (Å²) in [6.45, 7) is 0. The van der Waals surface area contributed by atoms with Crippen LogP contribution in [0.5, 0.6) is 0 Å². The number of aliphatic imine (C=N–C) groups is 1. The van der Waals surface area contributed by atoms with Crippen molar-refractivity contribution in [3.05, 3.63) is 42.1 Å². The van der Waals surface area contributed by atoms with Crippen molar-refractivity contribution in [3.63, 3.8) is 0 Å². The molecule has 192 valence electrons. The summed E-state index contributed by atoms with van der Waals surface area (Å²) in [7, 11) is 1.74. The normalized spacial score (nSPS) is 27.3. The van der Waals surface area contributed by atoms with Gasteiger partial charge in [-0.3, -0.25) is 14.5 Å². The van der Waals surface area contributed by atoms with Gasteiger partial charge in [0, 0.05) is 18.5 Å². The summed E-state index contributed by atoms with van der Waals surface area (Å²) in [4.78, 5) is 37.3. The summed E-state index contributed by atoms with van der Waals surface area (Å²) in [5.74, 6) is 1.27. The number of amides is 2. The summed E-state index contributed by atoms with van der Waals surface area (Å²) in [5, 5.41) is 4.25. The van der Waals surface area contributed by atoms with Crippen LogP contribution < -0.4 is 11.1 Å². The number of rotatable bonds is 7. The van der Waals surface area contributed by atoms with Crippen molar-refractivity contribution in [1.29, 1.82) is 0 Å². The van der Waals surface area contributed by atoms with Crippen LogP contribution in [0.3, 0.4) is 0 Å². The van der Waals surface area contributed by atoms with Crippen LogP contribution in [0.2, 0.25) is 0 Å². The Bertz CT molecular complexity index is 1140. The maximum absolute atomic E-state index is 13.4. The summed E-state index contributed by atoms with van der Waals surface area (Å²) >= 11 is 0. The molecule has 7 nitrogen and oxygen atoms in total.